The van der Waals surface area contributed by atoms with E-state index in [-0.39, 0.29) is 17.9 Å². The molecule has 0 amide bonds. The summed E-state index contributed by atoms with van der Waals surface area (Å²) in [5.41, 5.74) is 2.47. The van der Waals surface area contributed by atoms with Crippen molar-refractivity contribution >= 4 is 13.6 Å². The maximum Gasteiger partial charge on any atom is 0.254 e. The van der Waals surface area contributed by atoms with Crippen molar-refractivity contribution in [3.05, 3.63) is 93.9 Å². The fourth-order valence-electron chi connectivity index (χ4n) is 2.90. The van der Waals surface area contributed by atoms with Crippen LogP contribution in [0.3, 0.4) is 0 Å². The minimum absolute atomic E-state index is 0.00137. The van der Waals surface area contributed by atoms with Crippen LogP contribution in [0.5, 0.6) is 11.5 Å². The average Bonchev–Trinajstić information content (AvgIpc) is 2.74. The molecule has 29 heavy (non-hydrogen) atoms. The number of ketones is 1. The Balaban J connectivity index is 1.62. The van der Waals surface area contributed by atoms with E-state index in [1.165, 1.54) is 16.2 Å². The van der Waals surface area contributed by atoms with Crippen LogP contribution in [0.2, 0.25) is 0 Å². The molecule has 0 bridgehead atoms. The number of hydrogen-bond donors (Lipinski definition) is 0. The van der Waals surface area contributed by atoms with E-state index < -0.39 is 0 Å². The highest BCUT2D eigenvalue weighted by atomic mass is 16.5. The first-order valence-electron chi connectivity index (χ1n) is 9.55. The first-order chi connectivity index (χ1) is 14.0. The lowest BCUT2D eigenvalue weighted by molar-refractivity contribution is 0.0970. The maximum atomic E-state index is 12.5. The molecule has 0 aliphatic rings. The minimum atomic E-state index is -0.274. The lowest BCUT2D eigenvalue weighted by Gasteiger charge is -2.10. The number of carbonyl (C=O) groups is 1. The molecular weight excluding hydrogens is 365 g/mol. The van der Waals surface area contributed by atoms with Gasteiger partial charge in [-0.05, 0) is 29.6 Å². The molecule has 3 rings (SSSR count). The van der Waals surface area contributed by atoms with Crippen LogP contribution in [0.25, 0.3) is 0 Å². The van der Waals surface area contributed by atoms with Crippen LogP contribution in [0.1, 0.15) is 34.2 Å². The fourth-order valence-corrected chi connectivity index (χ4v) is 2.90. The normalized spacial score (nSPS) is 11.7. The molecule has 0 fully saturated rings. The van der Waals surface area contributed by atoms with Gasteiger partial charge in [0.1, 0.15) is 26.0 Å². The zero-order valence-corrected chi connectivity index (χ0v) is 16.9. The molecule has 2 aromatic carbocycles. The van der Waals surface area contributed by atoms with Crippen molar-refractivity contribution in [2.24, 2.45) is 0 Å². The van der Waals surface area contributed by atoms with Crippen molar-refractivity contribution in [2.75, 3.05) is 7.11 Å². The molecule has 1 aromatic heterocycles. The number of methoxy groups -OCH3 is 1. The fraction of sp³-hybridized carbons (Fsp3) is 0.217. The van der Waals surface area contributed by atoms with Gasteiger partial charge in [0.25, 0.3) is 5.56 Å². The summed E-state index contributed by atoms with van der Waals surface area (Å²) >= 11 is 0. The molecule has 148 valence electrons. The number of pyridine rings is 1. The highest BCUT2D eigenvalue weighted by molar-refractivity contribution is 6.12. The van der Waals surface area contributed by atoms with Gasteiger partial charge in [0, 0.05) is 17.8 Å². The number of rotatable bonds is 8. The van der Waals surface area contributed by atoms with Crippen LogP contribution in [0.15, 0.2) is 71.7 Å². The standard InChI is InChI=1S/C23H24BNO4/c1-16(24)18-5-7-19(8-6-18)22(26)14-25-12-11-21(13-23(25)27)29-15-17-3-9-20(28-2)10-4-17/h3-13,16H,14-15,24H2,1-2H3. The third-order valence-electron chi connectivity index (χ3n) is 4.75. The highest BCUT2D eigenvalue weighted by Crippen LogP contribution is 2.15. The van der Waals surface area contributed by atoms with Gasteiger partial charge in [-0.1, -0.05) is 48.9 Å². The molecular formula is C23H24BNO4. The lowest BCUT2D eigenvalue weighted by atomic mass is 9.83. The molecule has 0 radical (unpaired) electrons. The van der Waals surface area contributed by atoms with E-state index in [2.05, 4.69) is 14.8 Å². The summed E-state index contributed by atoms with van der Waals surface area (Å²) in [7, 11) is 3.72. The van der Waals surface area contributed by atoms with Gasteiger partial charge in [-0.2, -0.15) is 0 Å². The molecule has 0 spiro atoms. The van der Waals surface area contributed by atoms with E-state index in [9.17, 15) is 9.59 Å². The van der Waals surface area contributed by atoms with Gasteiger partial charge in [-0.25, -0.2) is 0 Å². The number of ether oxygens (including phenoxy) is 2. The Hall–Kier alpha value is -3.28. The largest absolute Gasteiger partial charge is 0.497 e. The summed E-state index contributed by atoms with van der Waals surface area (Å²) < 4.78 is 12.2. The molecule has 0 saturated carbocycles. The first kappa shape index (κ1) is 20.5. The van der Waals surface area contributed by atoms with Crippen molar-refractivity contribution in [3.8, 4) is 11.5 Å². The summed E-state index contributed by atoms with van der Waals surface area (Å²) in [5.74, 6) is 1.55. The number of carbonyl (C=O) groups excluding carboxylic acids is 1. The number of Topliss-reactive ketones (excluding diaryl/α,β-unsaturated/α-hetero) is 1. The van der Waals surface area contributed by atoms with Crippen LogP contribution < -0.4 is 15.0 Å². The Morgan fingerprint density at radius 3 is 2.31 bits per heavy atom. The highest BCUT2D eigenvalue weighted by Gasteiger charge is 2.09. The monoisotopic (exact) mass is 389 g/mol. The zero-order chi connectivity index (χ0) is 20.8. The second kappa shape index (κ2) is 9.28. The van der Waals surface area contributed by atoms with Crippen molar-refractivity contribution < 1.29 is 14.3 Å². The molecule has 1 atom stereocenters. The quantitative estimate of drug-likeness (QED) is 0.439. The lowest BCUT2D eigenvalue weighted by Crippen LogP contribution is -2.23. The third-order valence-corrected chi connectivity index (χ3v) is 4.75. The minimum Gasteiger partial charge on any atom is -0.497 e. The van der Waals surface area contributed by atoms with Gasteiger partial charge in [0.2, 0.25) is 0 Å². The third kappa shape index (κ3) is 5.38. The van der Waals surface area contributed by atoms with Crippen LogP contribution in [-0.4, -0.2) is 25.3 Å². The predicted molar refractivity (Wildman–Crippen MR) is 116 cm³/mol. The zero-order valence-electron chi connectivity index (χ0n) is 16.9. The van der Waals surface area contributed by atoms with Gasteiger partial charge in [0.15, 0.2) is 5.78 Å². The summed E-state index contributed by atoms with van der Waals surface area (Å²) in [4.78, 5) is 24.9. The van der Waals surface area contributed by atoms with Crippen LogP contribution in [0.4, 0.5) is 0 Å². The Morgan fingerprint density at radius 2 is 1.72 bits per heavy atom. The molecule has 0 aliphatic carbocycles. The van der Waals surface area contributed by atoms with Crippen molar-refractivity contribution in [2.45, 2.75) is 25.9 Å². The molecule has 5 nitrogen and oxygen atoms in total. The van der Waals surface area contributed by atoms with Crippen LogP contribution in [-0.2, 0) is 13.2 Å². The summed E-state index contributed by atoms with van der Waals surface area (Å²) in [6.45, 7) is 2.45. The number of nitrogens with zero attached hydrogens (tertiary/aromatic N) is 1. The van der Waals surface area contributed by atoms with E-state index in [4.69, 9.17) is 9.47 Å². The number of hydrogen-bond acceptors (Lipinski definition) is 4. The Labute approximate surface area is 171 Å². The Kier molecular flexibility index (Phi) is 6.55. The van der Waals surface area contributed by atoms with E-state index in [1.807, 2.05) is 48.5 Å². The SMILES string of the molecule is BC(C)c1ccc(C(=O)Cn2ccc(OCc3ccc(OC)cc3)cc2=O)cc1. The molecule has 6 heteroatoms. The predicted octanol–water partition coefficient (Wildman–Crippen LogP) is 3.01. The molecule has 0 N–H and O–H groups in total. The second-order valence-corrected chi connectivity index (χ2v) is 7.17. The Bertz CT molecular complexity index is 1020. The smallest absolute Gasteiger partial charge is 0.254 e. The molecule has 0 saturated heterocycles. The van der Waals surface area contributed by atoms with E-state index in [0.717, 1.165) is 11.3 Å². The van der Waals surface area contributed by atoms with Gasteiger partial charge in [0.05, 0.1) is 13.7 Å². The van der Waals surface area contributed by atoms with E-state index >= 15 is 0 Å². The molecule has 1 heterocycles. The molecule has 3 aromatic rings. The second-order valence-electron chi connectivity index (χ2n) is 7.17. The van der Waals surface area contributed by atoms with E-state index in [0.29, 0.717) is 23.7 Å². The summed E-state index contributed by atoms with van der Waals surface area (Å²) in [5, 5.41) is 0. The van der Waals surface area contributed by atoms with Gasteiger partial charge in [-0.3, -0.25) is 9.59 Å². The summed E-state index contributed by atoms with van der Waals surface area (Å²) in [6.07, 6.45) is 1.59. The van der Waals surface area contributed by atoms with Gasteiger partial charge in [-0.15, -0.1) is 0 Å². The van der Waals surface area contributed by atoms with Crippen molar-refractivity contribution in [3.63, 3.8) is 0 Å². The van der Waals surface area contributed by atoms with E-state index in [1.54, 1.807) is 19.4 Å². The van der Waals surface area contributed by atoms with Gasteiger partial charge < -0.3 is 14.0 Å². The van der Waals surface area contributed by atoms with Crippen molar-refractivity contribution in [1.29, 1.82) is 0 Å². The number of aromatic nitrogens is 1. The van der Waals surface area contributed by atoms with Gasteiger partial charge >= 0.3 is 0 Å². The van der Waals surface area contributed by atoms with Crippen molar-refractivity contribution in [1.82, 2.24) is 4.57 Å². The summed E-state index contributed by atoms with van der Waals surface area (Å²) in [6, 6.07) is 18.2. The van der Waals surface area contributed by atoms with Crippen LogP contribution >= 0.6 is 0 Å². The maximum absolute atomic E-state index is 12.5. The first-order valence-corrected chi connectivity index (χ1v) is 9.55. The topological polar surface area (TPSA) is 57.5 Å². The number of benzene rings is 2. The van der Waals surface area contributed by atoms with Crippen LogP contribution in [0, 0.1) is 0 Å². The Morgan fingerprint density at radius 1 is 1.03 bits per heavy atom. The molecule has 0 aliphatic heterocycles. The average molecular weight is 389 g/mol. The molecule has 1 unspecified atom stereocenters.